The van der Waals surface area contributed by atoms with Crippen LogP contribution in [0.1, 0.15) is 45.5 Å². The lowest BCUT2D eigenvalue weighted by atomic mass is 10.2. The van der Waals surface area contributed by atoms with Gasteiger partial charge in [0.25, 0.3) is 11.1 Å². The van der Waals surface area contributed by atoms with Gasteiger partial charge in [-0.25, -0.2) is 4.98 Å². The largest absolute Gasteiger partial charge is 0.493 e. The molecule has 0 saturated heterocycles. The van der Waals surface area contributed by atoms with Gasteiger partial charge in [0.15, 0.2) is 6.29 Å². The molecule has 9 heteroatoms. The van der Waals surface area contributed by atoms with Crippen molar-refractivity contribution in [3.05, 3.63) is 70.0 Å². The molecule has 0 aliphatic heterocycles. The Labute approximate surface area is 200 Å². The first-order chi connectivity index (χ1) is 16.0. The summed E-state index contributed by atoms with van der Waals surface area (Å²) in [6.07, 6.45) is 9.88. The van der Waals surface area contributed by atoms with E-state index in [1.54, 1.807) is 24.4 Å². The topological polar surface area (TPSA) is 90.4 Å². The highest BCUT2D eigenvalue weighted by Crippen LogP contribution is 2.35. The van der Waals surface area contributed by atoms with Crippen LogP contribution in [0.2, 0.25) is 5.02 Å². The molecule has 0 unspecified atom stereocenters. The van der Waals surface area contributed by atoms with Crippen LogP contribution in [0.25, 0.3) is 6.08 Å². The second-order valence-corrected chi connectivity index (χ2v) is 9.12. The van der Waals surface area contributed by atoms with Crippen molar-refractivity contribution in [2.24, 2.45) is 5.92 Å². The average molecular weight is 484 g/mol. The van der Waals surface area contributed by atoms with Crippen molar-refractivity contribution in [3.8, 4) is 16.7 Å². The first-order valence-corrected chi connectivity index (χ1v) is 11.7. The molecule has 0 bridgehead atoms. The number of pyridine rings is 1. The Hall–Kier alpha value is -3.23. The number of aldehydes is 1. The molecule has 4 rings (SSSR count). The van der Waals surface area contributed by atoms with E-state index in [9.17, 15) is 9.59 Å². The third-order valence-electron chi connectivity index (χ3n) is 4.86. The van der Waals surface area contributed by atoms with Crippen LogP contribution in [-0.2, 0) is 0 Å². The van der Waals surface area contributed by atoms with E-state index in [1.807, 2.05) is 25.1 Å². The van der Waals surface area contributed by atoms with Crippen molar-refractivity contribution >= 4 is 41.2 Å². The summed E-state index contributed by atoms with van der Waals surface area (Å²) in [6, 6.07) is 8.12. The molecule has 170 valence electrons. The highest BCUT2D eigenvalue weighted by molar-refractivity contribution is 7.14. The lowest BCUT2D eigenvalue weighted by Crippen LogP contribution is -2.31. The van der Waals surface area contributed by atoms with E-state index < -0.39 is 0 Å². The van der Waals surface area contributed by atoms with Gasteiger partial charge in [0.05, 0.1) is 16.5 Å². The van der Waals surface area contributed by atoms with Crippen LogP contribution in [0.5, 0.6) is 16.7 Å². The molecule has 33 heavy (non-hydrogen) atoms. The quantitative estimate of drug-likeness (QED) is 0.387. The number of aromatic nitrogens is 2. The lowest BCUT2D eigenvalue weighted by molar-refractivity contribution is 0.0947. The number of carbonyl (C=O) groups is 2. The number of thiazole rings is 1. The first kappa shape index (κ1) is 22.9. The minimum Gasteiger partial charge on any atom is -0.493 e. The summed E-state index contributed by atoms with van der Waals surface area (Å²) in [7, 11) is 0. The molecule has 2 heterocycles. The molecular weight excluding hydrogens is 462 g/mol. The maximum Gasteiger partial charge on any atom is 0.279 e. The van der Waals surface area contributed by atoms with Crippen molar-refractivity contribution < 1.29 is 19.1 Å². The summed E-state index contributed by atoms with van der Waals surface area (Å²) >= 11 is 7.69. The normalized spacial score (nSPS) is 14.1. The van der Waals surface area contributed by atoms with Gasteiger partial charge in [-0.3, -0.25) is 14.6 Å². The maximum atomic E-state index is 12.3. The molecule has 1 aliphatic carbocycles. The van der Waals surface area contributed by atoms with E-state index in [-0.39, 0.29) is 17.6 Å². The van der Waals surface area contributed by atoms with Crippen LogP contribution in [0, 0.1) is 5.92 Å². The number of hydrogen-bond donors (Lipinski definition) is 1. The third kappa shape index (κ3) is 6.63. The first-order valence-electron chi connectivity index (χ1n) is 10.5. The summed E-state index contributed by atoms with van der Waals surface area (Å²) < 4.78 is 11.5. The minimum absolute atomic E-state index is 0.212. The predicted octanol–water partition coefficient (Wildman–Crippen LogP) is 5.42. The Morgan fingerprint density at radius 1 is 1.30 bits per heavy atom. The Bertz CT molecular complexity index is 1180. The van der Waals surface area contributed by atoms with Crippen LogP contribution < -0.4 is 14.8 Å². The van der Waals surface area contributed by atoms with E-state index in [2.05, 4.69) is 15.3 Å². The number of nitrogens with zero attached hydrogens (tertiary/aromatic N) is 2. The Kier molecular flexibility index (Phi) is 7.36. The van der Waals surface area contributed by atoms with Gasteiger partial charge in [-0.15, -0.1) is 0 Å². The van der Waals surface area contributed by atoms with Gasteiger partial charge in [-0.2, -0.15) is 0 Å². The zero-order valence-electron chi connectivity index (χ0n) is 17.9. The van der Waals surface area contributed by atoms with Gasteiger partial charge in [0.1, 0.15) is 17.2 Å². The van der Waals surface area contributed by atoms with Gasteiger partial charge >= 0.3 is 0 Å². The number of ether oxygens (including phenoxy) is 2. The zero-order chi connectivity index (χ0) is 23.2. The van der Waals surface area contributed by atoms with Crippen LogP contribution in [0.15, 0.2) is 48.8 Å². The van der Waals surface area contributed by atoms with Gasteiger partial charge in [0, 0.05) is 30.1 Å². The van der Waals surface area contributed by atoms with Crippen LogP contribution in [-0.4, -0.2) is 34.8 Å². The van der Waals surface area contributed by atoms with E-state index in [0.717, 1.165) is 17.2 Å². The van der Waals surface area contributed by atoms with Crippen LogP contribution >= 0.6 is 22.9 Å². The lowest BCUT2D eigenvalue weighted by Gasteiger charge is -2.09. The number of nitrogens with one attached hydrogen (secondary N) is 1. The van der Waals surface area contributed by atoms with E-state index >= 15 is 0 Å². The van der Waals surface area contributed by atoms with Gasteiger partial charge in [-0.05, 0) is 56.0 Å². The number of benzene rings is 1. The molecule has 1 amide bonds. The summed E-state index contributed by atoms with van der Waals surface area (Å²) in [6.45, 7) is 2.57. The second kappa shape index (κ2) is 10.6. The SMILES string of the molecule is C[C@@H](C=Cc1cnc(Oc2ccc(OCC3CC3)cc2Cl)s1)NC(=O)c1ccnc(C=O)c1. The number of amides is 1. The molecule has 0 radical (unpaired) electrons. The van der Waals surface area contributed by atoms with Gasteiger partial charge < -0.3 is 14.8 Å². The second-order valence-electron chi connectivity index (χ2n) is 7.69. The smallest absolute Gasteiger partial charge is 0.279 e. The van der Waals surface area contributed by atoms with Crippen molar-refractivity contribution in [3.63, 3.8) is 0 Å². The van der Waals surface area contributed by atoms with Gasteiger partial charge in [0.2, 0.25) is 0 Å². The third-order valence-corrected chi connectivity index (χ3v) is 5.99. The molecule has 1 aromatic carbocycles. The molecule has 3 aromatic rings. The zero-order valence-corrected chi connectivity index (χ0v) is 19.4. The van der Waals surface area contributed by atoms with Crippen LogP contribution in [0.4, 0.5) is 0 Å². The fraction of sp³-hybridized carbons (Fsp3) is 0.250. The van der Waals surface area contributed by atoms with Crippen molar-refractivity contribution in [2.45, 2.75) is 25.8 Å². The highest BCUT2D eigenvalue weighted by atomic mass is 35.5. The predicted molar refractivity (Wildman–Crippen MR) is 127 cm³/mol. The number of hydrogen-bond acceptors (Lipinski definition) is 7. The van der Waals surface area contributed by atoms with Crippen molar-refractivity contribution in [1.82, 2.24) is 15.3 Å². The minimum atomic E-state index is -0.287. The molecule has 2 aromatic heterocycles. The Morgan fingerprint density at radius 3 is 2.91 bits per heavy atom. The fourth-order valence-electron chi connectivity index (χ4n) is 2.87. The maximum absolute atomic E-state index is 12.3. The summed E-state index contributed by atoms with van der Waals surface area (Å²) in [5.74, 6) is 1.62. The monoisotopic (exact) mass is 483 g/mol. The molecular formula is C24H22ClN3O4S. The number of rotatable bonds is 10. The molecule has 1 atom stereocenters. The van der Waals surface area contributed by atoms with Crippen molar-refractivity contribution in [2.75, 3.05) is 6.61 Å². The number of carbonyl (C=O) groups excluding carboxylic acids is 2. The molecule has 1 fully saturated rings. The summed E-state index contributed by atoms with van der Waals surface area (Å²) in [5, 5.41) is 3.77. The van der Waals surface area contributed by atoms with Crippen LogP contribution in [0.3, 0.4) is 0 Å². The average Bonchev–Trinajstić information content (AvgIpc) is 3.55. The summed E-state index contributed by atoms with van der Waals surface area (Å²) in [4.78, 5) is 32.2. The molecule has 1 aliphatic rings. The highest BCUT2D eigenvalue weighted by Gasteiger charge is 2.22. The van der Waals surface area contributed by atoms with Crippen molar-refractivity contribution in [1.29, 1.82) is 0 Å². The van der Waals surface area contributed by atoms with Gasteiger partial charge in [-0.1, -0.05) is 29.0 Å². The van der Waals surface area contributed by atoms with E-state index in [0.29, 0.717) is 33.7 Å². The Morgan fingerprint density at radius 2 is 2.15 bits per heavy atom. The summed E-state index contributed by atoms with van der Waals surface area (Å²) in [5.41, 5.74) is 0.588. The number of halogens is 1. The molecule has 1 N–H and O–H groups in total. The standard InChI is InChI=1S/C24H22ClN3O4S/c1-15(28-23(30)17-8-9-26-18(10-17)13-29)2-6-20-12-27-24(33-20)32-22-7-5-19(11-21(22)25)31-14-16-3-4-16/h2,5-13,15-16H,3-4,14H2,1H3,(H,28,30)/t15-/m0/s1. The van der Waals surface area contributed by atoms with E-state index in [1.165, 1.54) is 36.4 Å². The molecule has 0 spiro atoms. The molecule has 7 nitrogen and oxygen atoms in total. The van der Waals surface area contributed by atoms with E-state index in [4.69, 9.17) is 21.1 Å². The molecule has 1 saturated carbocycles. The fourth-order valence-corrected chi connectivity index (χ4v) is 3.77. The Balaban J connectivity index is 1.31.